The van der Waals surface area contributed by atoms with Crippen LogP contribution >= 0.6 is 0 Å². The Labute approximate surface area is 131 Å². The number of alkyl halides is 3. The Kier molecular flexibility index (Phi) is 4.09. The largest absolute Gasteiger partial charge is 0.416 e. The van der Waals surface area contributed by atoms with Gasteiger partial charge in [-0.25, -0.2) is 4.98 Å². The Morgan fingerprint density at radius 1 is 1.09 bits per heavy atom. The summed E-state index contributed by atoms with van der Waals surface area (Å²) in [5.74, 6) is 0.602. The van der Waals surface area contributed by atoms with E-state index in [2.05, 4.69) is 4.98 Å². The summed E-state index contributed by atoms with van der Waals surface area (Å²) in [6.07, 6.45) is -4.38. The summed E-state index contributed by atoms with van der Waals surface area (Å²) in [7, 11) is 1.54. The first-order chi connectivity index (χ1) is 11.0. The molecule has 0 radical (unpaired) electrons. The Hall–Kier alpha value is -2.34. The van der Waals surface area contributed by atoms with Gasteiger partial charge in [0.1, 0.15) is 12.4 Å². The second kappa shape index (κ2) is 6.04. The molecule has 0 bridgehead atoms. The molecule has 0 N–H and O–H groups in total. The Bertz CT molecular complexity index is 810. The van der Waals surface area contributed by atoms with E-state index in [-0.39, 0.29) is 6.61 Å². The molecule has 120 valence electrons. The van der Waals surface area contributed by atoms with Crippen molar-refractivity contribution in [2.75, 3.05) is 7.11 Å². The van der Waals surface area contributed by atoms with Crippen LogP contribution in [0.15, 0.2) is 48.5 Å². The first-order valence-corrected chi connectivity index (χ1v) is 7.08. The van der Waals surface area contributed by atoms with Gasteiger partial charge in [-0.05, 0) is 23.8 Å². The van der Waals surface area contributed by atoms with Gasteiger partial charge in [0.2, 0.25) is 0 Å². The summed E-state index contributed by atoms with van der Waals surface area (Å²) in [5.41, 5.74) is 1.33. The van der Waals surface area contributed by atoms with Crippen molar-refractivity contribution >= 4 is 11.0 Å². The molecular weight excluding hydrogens is 305 g/mol. The van der Waals surface area contributed by atoms with E-state index < -0.39 is 11.7 Å². The molecule has 0 saturated heterocycles. The van der Waals surface area contributed by atoms with E-state index in [1.165, 1.54) is 13.2 Å². The summed E-state index contributed by atoms with van der Waals surface area (Å²) >= 11 is 0. The maximum absolute atomic E-state index is 12.9. The second-order valence-electron chi connectivity index (χ2n) is 5.23. The van der Waals surface area contributed by atoms with Crippen LogP contribution in [0.4, 0.5) is 13.2 Å². The third kappa shape index (κ3) is 3.22. The van der Waals surface area contributed by atoms with Crippen LogP contribution in [0.1, 0.15) is 17.0 Å². The maximum atomic E-state index is 12.9. The number of rotatable bonds is 4. The zero-order chi connectivity index (χ0) is 16.4. The van der Waals surface area contributed by atoms with E-state index in [0.717, 1.165) is 17.7 Å². The van der Waals surface area contributed by atoms with Gasteiger partial charge in [-0.15, -0.1) is 0 Å². The predicted molar refractivity (Wildman–Crippen MR) is 81.0 cm³/mol. The molecule has 0 fully saturated rings. The fourth-order valence-corrected chi connectivity index (χ4v) is 2.54. The highest BCUT2D eigenvalue weighted by molar-refractivity contribution is 5.77. The molecule has 3 aromatic rings. The van der Waals surface area contributed by atoms with Gasteiger partial charge in [0.05, 0.1) is 16.6 Å². The number of aromatic nitrogens is 2. The maximum Gasteiger partial charge on any atom is 0.416 e. The van der Waals surface area contributed by atoms with Crippen molar-refractivity contribution in [2.24, 2.45) is 0 Å². The Morgan fingerprint density at radius 2 is 1.83 bits per heavy atom. The number of methoxy groups -OCH3 is 1. The van der Waals surface area contributed by atoms with Crippen molar-refractivity contribution in [3.63, 3.8) is 0 Å². The quantitative estimate of drug-likeness (QED) is 0.718. The van der Waals surface area contributed by atoms with Crippen molar-refractivity contribution in [2.45, 2.75) is 19.3 Å². The highest BCUT2D eigenvalue weighted by atomic mass is 19.4. The van der Waals surface area contributed by atoms with E-state index in [9.17, 15) is 13.2 Å². The number of halogens is 3. The molecule has 23 heavy (non-hydrogen) atoms. The van der Waals surface area contributed by atoms with Gasteiger partial charge >= 0.3 is 6.18 Å². The molecule has 0 aliphatic carbocycles. The first kappa shape index (κ1) is 15.6. The van der Waals surface area contributed by atoms with E-state index in [0.29, 0.717) is 23.4 Å². The second-order valence-corrected chi connectivity index (χ2v) is 5.23. The minimum atomic E-state index is -4.38. The zero-order valence-corrected chi connectivity index (χ0v) is 12.5. The lowest BCUT2D eigenvalue weighted by Gasteiger charge is -2.10. The lowest BCUT2D eigenvalue weighted by molar-refractivity contribution is -0.137. The van der Waals surface area contributed by atoms with Crippen LogP contribution in [0.2, 0.25) is 0 Å². The van der Waals surface area contributed by atoms with Gasteiger partial charge in [0, 0.05) is 13.7 Å². The molecule has 3 nitrogen and oxygen atoms in total. The topological polar surface area (TPSA) is 27.1 Å². The standard InChI is InChI=1S/C17H15F3N2O/c1-23-11-16-21-14-9-13(17(18,19)20)7-8-15(14)22(16)10-12-5-3-2-4-6-12/h2-9H,10-11H2,1H3. The first-order valence-electron chi connectivity index (χ1n) is 7.08. The summed E-state index contributed by atoms with van der Waals surface area (Å²) in [4.78, 5) is 4.31. The van der Waals surface area contributed by atoms with Gasteiger partial charge in [-0.3, -0.25) is 0 Å². The number of hydrogen-bond donors (Lipinski definition) is 0. The molecule has 0 amide bonds. The van der Waals surface area contributed by atoms with Crippen LogP contribution in [0.5, 0.6) is 0 Å². The molecule has 1 heterocycles. The van der Waals surface area contributed by atoms with Gasteiger partial charge in [0.25, 0.3) is 0 Å². The van der Waals surface area contributed by atoms with Crippen LogP contribution < -0.4 is 0 Å². The smallest absolute Gasteiger partial charge is 0.377 e. The zero-order valence-electron chi connectivity index (χ0n) is 12.5. The lowest BCUT2D eigenvalue weighted by Crippen LogP contribution is -2.06. The number of nitrogens with zero attached hydrogens (tertiary/aromatic N) is 2. The third-order valence-corrected chi connectivity index (χ3v) is 3.61. The number of hydrogen-bond acceptors (Lipinski definition) is 2. The van der Waals surface area contributed by atoms with Crippen molar-refractivity contribution in [1.82, 2.24) is 9.55 Å². The van der Waals surface area contributed by atoms with Crippen molar-refractivity contribution in [1.29, 1.82) is 0 Å². The van der Waals surface area contributed by atoms with Gasteiger partial charge in [0.15, 0.2) is 0 Å². The van der Waals surface area contributed by atoms with Crippen LogP contribution in [-0.4, -0.2) is 16.7 Å². The van der Waals surface area contributed by atoms with E-state index in [4.69, 9.17) is 4.74 Å². The highest BCUT2D eigenvalue weighted by Gasteiger charge is 2.31. The van der Waals surface area contributed by atoms with Crippen LogP contribution in [-0.2, 0) is 24.1 Å². The molecule has 0 aliphatic rings. The van der Waals surface area contributed by atoms with Crippen molar-refractivity contribution < 1.29 is 17.9 Å². The summed E-state index contributed by atoms with van der Waals surface area (Å²) in [6.45, 7) is 0.768. The van der Waals surface area contributed by atoms with Crippen molar-refractivity contribution in [3.8, 4) is 0 Å². The molecule has 2 aromatic carbocycles. The van der Waals surface area contributed by atoms with Gasteiger partial charge < -0.3 is 9.30 Å². The number of imidazole rings is 1. The van der Waals surface area contributed by atoms with E-state index in [1.807, 2.05) is 34.9 Å². The normalized spacial score (nSPS) is 12.0. The fraction of sp³-hybridized carbons (Fsp3) is 0.235. The number of ether oxygens (including phenoxy) is 1. The SMILES string of the molecule is COCc1nc2cc(C(F)(F)F)ccc2n1Cc1ccccc1. The number of benzene rings is 2. The average molecular weight is 320 g/mol. The molecule has 0 unspecified atom stereocenters. The summed E-state index contributed by atoms with van der Waals surface area (Å²) in [6, 6.07) is 13.3. The average Bonchev–Trinajstić information content (AvgIpc) is 2.85. The van der Waals surface area contributed by atoms with E-state index in [1.54, 1.807) is 0 Å². The van der Waals surface area contributed by atoms with Crippen LogP contribution in [0.25, 0.3) is 11.0 Å². The number of fused-ring (bicyclic) bond motifs is 1. The molecular formula is C17H15F3N2O. The molecule has 1 aromatic heterocycles. The van der Waals surface area contributed by atoms with E-state index >= 15 is 0 Å². The van der Waals surface area contributed by atoms with Gasteiger partial charge in [-0.1, -0.05) is 30.3 Å². The highest BCUT2D eigenvalue weighted by Crippen LogP contribution is 2.31. The van der Waals surface area contributed by atoms with Crippen LogP contribution in [0, 0.1) is 0 Å². The predicted octanol–water partition coefficient (Wildman–Crippen LogP) is 4.25. The monoisotopic (exact) mass is 320 g/mol. The molecule has 0 saturated carbocycles. The molecule has 0 atom stereocenters. The third-order valence-electron chi connectivity index (χ3n) is 3.61. The molecule has 6 heteroatoms. The van der Waals surface area contributed by atoms with Crippen LogP contribution in [0.3, 0.4) is 0 Å². The minimum absolute atomic E-state index is 0.239. The van der Waals surface area contributed by atoms with Gasteiger partial charge in [-0.2, -0.15) is 13.2 Å². The molecule has 0 aliphatic heterocycles. The lowest BCUT2D eigenvalue weighted by atomic mass is 10.2. The molecule has 3 rings (SSSR count). The Balaban J connectivity index is 2.09. The molecule has 0 spiro atoms. The fourth-order valence-electron chi connectivity index (χ4n) is 2.54. The summed E-state index contributed by atoms with van der Waals surface area (Å²) in [5, 5.41) is 0. The summed E-state index contributed by atoms with van der Waals surface area (Å²) < 4.78 is 45.6. The minimum Gasteiger partial charge on any atom is -0.377 e. The Morgan fingerprint density at radius 3 is 2.48 bits per heavy atom. The van der Waals surface area contributed by atoms with Crippen molar-refractivity contribution in [3.05, 3.63) is 65.5 Å².